The van der Waals surface area contributed by atoms with E-state index in [1.54, 1.807) is 11.1 Å². The number of allylic oxidation sites excluding steroid dienone is 1. The van der Waals surface area contributed by atoms with Gasteiger partial charge in [-0.1, -0.05) is 13.5 Å². The summed E-state index contributed by atoms with van der Waals surface area (Å²) < 4.78 is 7.63. The van der Waals surface area contributed by atoms with Crippen LogP contribution in [-0.2, 0) is 4.74 Å². The summed E-state index contributed by atoms with van der Waals surface area (Å²) in [6.45, 7) is 13.5. The Bertz CT molecular complexity index is 708. The topological polar surface area (TPSA) is 63.0 Å². The van der Waals surface area contributed by atoms with Crippen molar-refractivity contribution in [1.29, 1.82) is 0 Å². The van der Waals surface area contributed by atoms with Crippen molar-refractivity contribution in [2.75, 3.05) is 19.0 Å². The van der Waals surface area contributed by atoms with Crippen LogP contribution in [0.25, 0.3) is 0 Å². The van der Waals surface area contributed by atoms with Gasteiger partial charge in [-0.05, 0) is 47.0 Å². The van der Waals surface area contributed by atoms with E-state index in [9.17, 15) is 4.79 Å². The zero-order valence-corrected chi connectivity index (χ0v) is 17.0. The number of carbonyl (C=O) groups is 1. The number of aromatic nitrogens is 2. The molecule has 1 aromatic rings. The Morgan fingerprint density at radius 1 is 1.42 bits per heavy atom. The van der Waals surface area contributed by atoms with Gasteiger partial charge < -0.3 is 9.64 Å². The minimum atomic E-state index is -0.616. The maximum absolute atomic E-state index is 13.1. The molecule has 7 nitrogen and oxygen atoms in total. The normalized spacial score (nSPS) is 15.0. The molecule has 1 heterocycles. The van der Waals surface area contributed by atoms with E-state index in [0.717, 1.165) is 18.5 Å². The number of hydrogen-bond donors (Lipinski definition) is 0. The van der Waals surface area contributed by atoms with Gasteiger partial charge in [-0.15, -0.1) is 0 Å². The molecule has 0 saturated heterocycles. The summed E-state index contributed by atoms with van der Waals surface area (Å²) in [5.41, 5.74) is 1.68. The summed E-state index contributed by atoms with van der Waals surface area (Å²) in [5, 5.41) is 4.49. The van der Waals surface area contributed by atoms with Gasteiger partial charge in [0.25, 0.3) is 0 Å². The van der Waals surface area contributed by atoms with Crippen LogP contribution in [0, 0.1) is 6.92 Å². The van der Waals surface area contributed by atoms with Crippen LogP contribution in [0.2, 0.25) is 0 Å². The highest BCUT2D eigenvalue weighted by Crippen LogP contribution is 2.37. The largest absolute Gasteiger partial charge is 0.443 e. The third-order valence-electron chi connectivity index (χ3n) is 3.99. The Balaban J connectivity index is 2.52. The SMILES string of the molecule is C=C(CC)/N=C(\N(C)C)N(C(=O)OC(C)(C)C)c1cnn(C2CC2)c1C. The minimum Gasteiger partial charge on any atom is -0.443 e. The lowest BCUT2D eigenvalue weighted by Crippen LogP contribution is -2.47. The average Bonchev–Trinajstić information content (AvgIpc) is 3.29. The number of ether oxygens (including phenoxy) is 1. The lowest BCUT2D eigenvalue weighted by molar-refractivity contribution is 0.0600. The number of aliphatic imine (C=N–C) groups is 1. The molecule has 0 N–H and O–H groups in total. The Hall–Kier alpha value is -2.31. The number of anilines is 1. The third-order valence-corrected chi connectivity index (χ3v) is 3.99. The van der Waals surface area contributed by atoms with Crippen LogP contribution in [-0.4, -0.2) is 46.4 Å². The first-order valence-corrected chi connectivity index (χ1v) is 9.06. The van der Waals surface area contributed by atoms with E-state index in [2.05, 4.69) is 16.7 Å². The number of hydrogen-bond acceptors (Lipinski definition) is 4. The zero-order valence-electron chi connectivity index (χ0n) is 17.0. The van der Waals surface area contributed by atoms with Crippen molar-refractivity contribution in [2.45, 2.75) is 65.5 Å². The molecular weight excluding hydrogens is 330 g/mol. The van der Waals surface area contributed by atoms with Crippen LogP contribution in [0.3, 0.4) is 0 Å². The summed E-state index contributed by atoms with van der Waals surface area (Å²) >= 11 is 0. The molecule has 1 saturated carbocycles. The van der Waals surface area contributed by atoms with E-state index >= 15 is 0 Å². The Morgan fingerprint density at radius 3 is 2.50 bits per heavy atom. The lowest BCUT2D eigenvalue weighted by atomic mass is 10.2. The van der Waals surface area contributed by atoms with Gasteiger partial charge in [-0.3, -0.25) is 4.68 Å². The van der Waals surface area contributed by atoms with Gasteiger partial charge in [0.1, 0.15) is 5.60 Å². The molecule has 1 aliphatic rings. The predicted molar refractivity (Wildman–Crippen MR) is 105 cm³/mol. The molecule has 0 atom stereocenters. The second kappa shape index (κ2) is 7.51. The summed E-state index contributed by atoms with van der Waals surface area (Å²) in [4.78, 5) is 20.9. The van der Waals surface area contributed by atoms with Crippen LogP contribution in [0.5, 0.6) is 0 Å². The van der Waals surface area contributed by atoms with Gasteiger partial charge in [-0.25, -0.2) is 14.7 Å². The molecule has 1 amide bonds. The number of amides is 1. The molecule has 0 aliphatic heterocycles. The van der Waals surface area contributed by atoms with Gasteiger partial charge in [-0.2, -0.15) is 5.10 Å². The van der Waals surface area contributed by atoms with Gasteiger partial charge in [0.2, 0.25) is 5.96 Å². The Kier molecular flexibility index (Phi) is 5.78. The summed E-state index contributed by atoms with van der Waals surface area (Å²) in [7, 11) is 3.69. The standard InChI is InChI=1S/C19H31N5O2/c1-9-13(2)21-17(22(7)8)23(18(25)26-19(4,5)6)16-12-20-24(14(16)3)15-10-11-15/h12,15H,2,9-11H2,1,3-8H3/b21-17+. The maximum Gasteiger partial charge on any atom is 0.421 e. The molecule has 0 radical (unpaired) electrons. The smallest absolute Gasteiger partial charge is 0.421 e. The molecule has 26 heavy (non-hydrogen) atoms. The molecule has 1 fully saturated rings. The summed E-state index contributed by atoms with van der Waals surface area (Å²) in [6, 6.07) is 0.426. The van der Waals surface area contributed by atoms with Crippen LogP contribution < -0.4 is 4.90 Å². The number of nitrogens with zero attached hydrogens (tertiary/aromatic N) is 5. The first-order valence-electron chi connectivity index (χ1n) is 9.06. The van der Waals surface area contributed by atoms with Crippen molar-refractivity contribution in [3.05, 3.63) is 24.2 Å². The molecule has 7 heteroatoms. The van der Waals surface area contributed by atoms with Gasteiger partial charge in [0, 0.05) is 19.8 Å². The Labute approximate surface area is 156 Å². The highest BCUT2D eigenvalue weighted by atomic mass is 16.6. The van der Waals surface area contributed by atoms with E-state index in [0.29, 0.717) is 29.8 Å². The Morgan fingerprint density at radius 2 is 2.04 bits per heavy atom. The van der Waals surface area contributed by atoms with Crippen molar-refractivity contribution < 1.29 is 9.53 Å². The first kappa shape index (κ1) is 20.0. The highest BCUT2D eigenvalue weighted by molar-refractivity contribution is 6.14. The number of rotatable bonds is 4. The zero-order chi connectivity index (χ0) is 19.6. The average molecular weight is 361 g/mol. The molecule has 1 aliphatic carbocycles. The molecule has 0 unspecified atom stereocenters. The monoisotopic (exact) mass is 361 g/mol. The number of guanidine groups is 1. The van der Waals surface area contributed by atoms with Crippen LogP contribution in [0.4, 0.5) is 10.5 Å². The van der Waals surface area contributed by atoms with E-state index in [1.165, 1.54) is 4.90 Å². The van der Waals surface area contributed by atoms with E-state index < -0.39 is 11.7 Å². The van der Waals surface area contributed by atoms with Crippen molar-refractivity contribution in [3.63, 3.8) is 0 Å². The van der Waals surface area contributed by atoms with Crippen LogP contribution >= 0.6 is 0 Å². The lowest BCUT2D eigenvalue weighted by Gasteiger charge is -2.30. The maximum atomic E-state index is 13.1. The molecule has 2 rings (SSSR count). The molecular formula is C19H31N5O2. The quantitative estimate of drug-likeness (QED) is 0.598. The van der Waals surface area contributed by atoms with E-state index in [4.69, 9.17) is 4.74 Å². The van der Waals surface area contributed by atoms with Gasteiger partial charge in [0.05, 0.1) is 23.6 Å². The fourth-order valence-electron chi connectivity index (χ4n) is 2.49. The predicted octanol–water partition coefficient (Wildman–Crippen LogP) is 4.11. The van der Waals surface area contributed by atoms with Gasteiger partial charge in [0.15, 0.2) is 0 Å². The van der Waals surface area contributed by atoms with Crippen molar-refractivity contribution in [1.82, 2.24) is 14.7 Å². The van der Waals surface area contributed by atoms with Gasteiger partial charge >= 0.3 is 6.09 Å². The van der Waals surface area contributed by atoms with Crippen molar-refractivity contribution >= 4 is 17.7 Å². The summed E-state index contributed by atoms with van der Waals surface area (Å²) in [5.74, 6) is 0.463. The third kappa shape index (κ3) is 4.65. The minimum absolute atomic E-state index is 0.426. The molecule has 1 aromatic heterocycles. The molecule has 0 spiro atoms. The highest BCUT2D eigenvalue weighted by Gasteiger charge is 2.34. The molecule has 144 valence electrons. The van der Waals surface area contributed by atoms with Crippen molar-refractivity contribution in [3.8, 4) is 0 Å². The second-order valence-corrected chi connectivity index (χ2v) is 7.83. The number of carbonyl (C=O) groups excluding carboxylic acids is 1. The fourth-order valence-corrected chi connectivity index (χ4v) is 2.49. The van der Waals surface area contributed by atoms with E-state index in [1.807, 2.05) is 53.4 Å². The first-order chi connectivity index (χ1) is 12.0. The van der Waals surface area contributed by atoms with Crippen molar-refractivity contribution in [2.24, 2.45) is 4.99 Å². The van der Waals surface area contributed by atoms with Crippen LogP contribution in [0.1, 0.15) is 58.7 Å². The molecule has 0 bridgehead atoms. The summed E-state index contributed by atoms with van der Waals surface area (Å²) in [6.07, 6.45) is 4.17. The van der Waals surface area contributed by atoms with Crippen LogP contribution in [0.15, 0.2) is 23.5 Å². The molecule has 0 aromatic carbocycles. The van der Waals surface area contributed by atoms with E-state index in [-0.39, 0.29) is 0 Å². The second-order valence-electron chi connectivity index (χ2n) is 7.83. The fraction of sp³-hybridized carbons (Fsp3) is 0.632.